The molecule has 0 saturated heterocycles. The zero-order chi connectivity index (χ0) is 13.2. The molecule has 5 nitrogen and oxygen atoms in total. The Kier molecular flexibility index (Phi) is 3.00. The summed E-state index contributed by atoms with van der Waals surface area (Å²) in [7, 11) is 0. The van der Waals surface area contributed by atoms with Crippen molar-refractivity contribution in [1.29, 1.82) is 0 Å². The van der Waals surface area contributed by atoms with Crippen LogP contribution in [0.2, 0.25) is 0 Å². The van der Waals surface area contributed by atoms with E-state index in [9.17, 15) is 0 Å². The topological polar surface area (TPSA) is 77.8 Å². The summed E-state index contributed by atoms with van der Waals surface area (Å²) >= 11 is 1.36. The van der Waals surface area contributed by atoms with Gasteiger partial charge in [0.1, 0.15) is 4.88 Å². The maximum Gasteiger partial charge on any atom is 0.270 e. The molecule has 0 fully saturated rings. The van der Waals surface area contributed by atoms with E-state index in [-0.39, 0.29) is 0 Å². The van der Waals surface area contributed by atoms with Gasteiger partial charge in [-0.1, -0.05) is 46.8 Å². The molecule has 0 atom stereocenters. The molecule has 19 heavy (non-hydrogen) atoms. The summed E-state index contributed by atoms with van der Waals surface area (Å²) in [4.78, 5) is 9.37. The first kappa shape index (κ1) is 11.9. The van der Waals surface area contributed by atoms with Crippen LogP contribution in [0.1, 0.15) is 17.1 Å². The first-order chi connectivity index (χ1) is 9.22. The lowest BCUT2D eigenvalue weighted by atomic mass is 10.1. The number of nitrogen functional groups attached to an aromatic ring is 1. The summed E-state index contributed by atoms with van der Waals surface area (Å²) in [5.74, 6) is 1.14. The van der Waals surface area contributed by atoms with Gasteiger partial charge in [0, 0.05) is 6.42 Å². The summed E-state index contributed by atoms with van der Waals surface area (Å²) < 4.78 is 5.27. The van der Waals surface area contributed by atoms with Gasteiger partial charge in [-0.25, -0.2) is 4.98 Å². The Balaban J connectivity index is 1.86. The molecule has 0 aliphatic rings. The Bertz CT molecular complexity index is 690. The number of aryl methyl sites for hydroxylation is 1. The number of hydrogen-bond donors (Lipinski definition) is 1. The lowest BCUT2D eigenvalue weighted by Crippen LogP contribution is -1.90. The maximum atomic E-state index is 5.66. The third-order valence-corrected chi connectivity index (χ3v) is 3.66. The smallest absolute Gasteiger partial charge is 0.270 e. The van der Waals surface area contributed by atoms with Gasteiger partial charge >= 0.3 is 0 Å². The Morgan fingerprint density at radius 3 is 2.68 bits per heavy atom. The molecular formula is C13H12N4OS. The number of aromatic nitrogens is 3. The Morgan fingerprint density at radius 1 is 1.21 bits per heavy atom. The summed E-state index contributed by atoms with van der Waals surface area (Å²) in [6.07, 6.45) is 0.650. The summed E-state index contributed by atoms with van der Waals surface area (Å²) in [5, 5.41) is 4.50. The fourth-order valence-corrected chi connectivity index (χ4v) is 2.57. The fourth-order valence-electron chi connectivity index (χ4n) is 1.81. The predicted molar refractivity (Wildman–Crippen MR) is 73.8 cm³/mol. The van der Waals surface area contributed by atoms with Crippen LogP contribution in [0.5, 0.6) is 0 Å². The van der Waals surface area contributed by atoms with Gasteiger partial charge < -0.3 is 10.3 Å². The number of anilines is 1. The number of nitrogens with zero attached hydrogens (tertiary/aromatic N) is 3. The van der Waals surface area contributed by atoms with Gasteiger partial charge in [-0.2, -0.15) is 4.98 Å². The molecule has 6 heteroatoms. The number of nitrogens with two attached hydrogens (primary N) is 1. The van der Waals surface area contributed by atoms with E-state index in [1.54, 1.807) is 0 Å². The zero-order valence-electron chi connectivity index (χ0n) is 10.3. The van der Waals surface area contributed by atoms with Crippen molar-refractivity contribution in [3.8, 4) is 10.8 Å². The lowest BCUT2D eigenvalue weighted by Gasteiger charge is -1.93. The van der Waals surface area contributed by atoms with Gasteiger partial charge in [-0.3, -0.25) is 0 Å². The molecule has 0 unspecified atom stereocenters. The fraction of sp³-hybridized carbons (Fsp3) is 0.154. The second kappa shape index (κ2) is 4.81. The number of hydrogen-bond acceptors (Lipinski definition) is 6. The molecule has 0 aliphatic carbocycles. The molecule has 0 saturated carbocycles. The third-order valence-electron chi connectivity index (χ3n) is 2.68. The van der Waals surface area contributed by atoms with E-state index >= 15 is 0 Å². The van der Waals surface area contributed by atoms with Gasteiger partial charge in [0.15, 0.2) is 11.0 Å². The average Bonchev–Trinajstić information content (AvgIpc) is 2.97. The van der Waals surface area contributed by atoms with Crippen molar-refractivity contribution in [2.75, 3.05) is 5.73 Å². The van der Waals surface area contributed by atoms with Gasteiger partial charge in [0.2, 0.25) is 0 Å². The molecule has 2 N–H and O–H groups in total. The summed E-state index contributed by atoms with van der Waals surface area (Å²) in [5.41, 5.74) is 7.63. The van der Waals surface area contributed by atoms with Gasteiger partial charge in [0.05, 0.1) is 5.69 Å². The quantitative estimate of drug-likeness (QED) is 0.793. The molecule has 2 aromatic heterocycles. The van der Waals surface area contributed by atoms with E-state index in [2.05, 4.69) is 15.1 Å². The maximum absolute atomic E-state index is 5.66. The van der Waals surface area contributed by atoms with Crippen molar-refractivity contribution in [1.82, 2.24) is 15.1 Å². The van der Waals surface area contributed by atoms with E-state index in [0.717, 1.165) is 16.1 Å². The van der Waals surface area contributed by atoms with Crippen molar-refractivity contribution in [3.63, 3.8) is 0 Å². The number of thiazole rings is 1. The van der Waals surface area contributed by atoms with E-state index in [4.69, 9.17) is 10.3 Å². The molecule has 96 valence electrons. The van der Waals surface area contributed by atoms with Crippen molar-refractivity contribution in [3.05, 3.63) is 47.4 Å². The number of rotatable bonds is 3. The molecule has 3 rings (SSSR count). The van der Waals surface area contributed by atoms with Crippen LogP contribution in [-0.4, -0.2) is 15.1 Å². The van der Waals surface area contributed by atoms with Gasteiger partial charge in [-0.05, 0) is 12.5 Å². The second-order valence-corrected chi connectivity index (χ2v) is 5.18. The largest absolute Gasteiger partial charge is 0.375 e. The SMILES string of the molecule is Cc1nc(N)sc1-c1nc(Cc2ccccc2)no1. The number of benzene rings is 1. The van der Waals surface area contributed by atoms with Crippen LogP contribution in [0.15, 0.2) is 34.9 Å². The Morgan fingerprint density at radius 2 is 2.00 bits per heavy atom. The first-order valence-corrected chi connectivity index (χ1v) is 6.64. The second-order valence-electron chi connectivity index (χ2n) is 4.14. The van der Waals surface area contributed by atoms with Gasteiger partial charge in [0.25, 0.3) is 5.89 Å². The molecule has 1 aromatic carbocycles. The van der Waals surface area contributed by atoms with Crippen molar-refractivity contribution < 1.29 is 4.52 Å². The molecule has 0 radical (unpaired) electrons. The molecule has 0 spiro atoms. The van der Waals surface area contributed by atoms with Gasteiger partial charge in [-0.15, -0.1) is 0 Å². The van der Waals surface area contributed by atoms with Crippen LogP contribution in [0.3, 0.4) is 0 Å². The highest BCUT2D eigenvalue weighted by molar-refractivity contribution is 7.18. The minimum Gasteiger partial charge on any atom is -0.375 e. The molecule has 2 heterocycles. The van der Waals surface area contributed by atoms with E-state index in [0.29, 0.717) is 23.3 Å². The zero-order valence-corrected chi connectivity index (χ0v) is 11.1. The van der Waals surface area contributed by atoms with E-state index < -0.39 is 0 Å². The average molecular weight is 272 g/mol. The van der Waals surface area contributed by atoms with Crippen LogP contribution in [0, 0.1) is 6.92 Å². The lowest BCUT2D eigenvalue weighted by molar-refractivity contribution is 0.424. The van der Waals surface area contributed by atoms with Crippen molar-refractivity contribution in [2.24, 2.45) is 0 Å². The molecule has 0 bridgehead atoms. The van der Waals surface area contributed by atoms with Crippen molar-refractivity contribution in [2.45, 2.75) is 13.3 Å². The normalized spacial score (nSPS) is 10.8. The first-order valence-electron chi connectivity index (χ1n) is 5.82. The molecule has 0 amide bonds. The standard InChI is InChI=1S/C13H12N4OS/c1-8-11(19-13(14)15-8)12-16-10(17-18-12)7-9-5-3-2-4-6-9/h2-6H,7H2,1H3,(H2,14,15). The van der Waals surface area contributed by atoms with Crippen LogP contribution < -0.4 is 5.73 Å². The van der Waals surface area contributed by atoms with E-state index in [1.807, 2.05) is 37.3 Å². The highest BCUT2D eigenvalue weighted by Crippen LogP contribution is 2.29. The molecule has 0 aliphatic heterocycles. The summed E-state index contributed by atoms with van der Waals surface area (Å²) in [6, 6.07) is 10.0. The highest BCUT2D eigenvalue weighted by Gasteiger charge is 2.15. The van der Waals surface area contributed by atoms with Crippen LogP contribution in [-0.2, 0) is 6.42 Å². The molecule has 3 aromatic rings. The van der Waals surface area contributed by atoms with E-state index in [1.165, 1.54) is 11.3 Å². The van der Waals surface area contributed by atoms with Crippen LogP contribution >= 0.6 is 11.3 Å². The Labute approximate surface area is 114 Å². The monoisotopic (exact) mass is 272 g/mol. The Hall–Kier alpha value is -2.21. The molecular weight excluding hydrogens is 260 g/mol. The minimum absolute atomic E-state index is 0.484. The predicted octanol–water partition coefficient (Wildman–Crippen LogP) is 2.67. The third kappa shape index (κ3) is 2.48. The highest BCUT2D eigenvalue weighted by atomic mass is 32.1. The minimum atomic E-state index is 0.484. The van der Waals surface area contributed by atoms with Crippen LogP contribution in [0.25, 0.3) is 10.8 Å². The summed E-state index contributed by atoms with van der Waals surface area (Å²) in [6.45, 7) is 1.88. The van der Waals surface area contributed by atoms with Crippen LogP contribution in [0.4, 0.5) is 5.13 Å². The van der Waals surface area contributed by atoms with Crippen molar-refractivity contribution >= 4 is 16.5 Å².